The van der Waals surface area contributed by atoms with E-state index in [1.54, 1.807) is 96.1 Å². The van der Waals surface area contributed by atoms with Gasteiger partial charge in [-0.15, -0.1) is 13.2 Å². The number of carbonyl (C=O) groups excluding carboxylic acids is 6. The fourth-order valence-corrected chi connectivity index (χ4v) is 34.8. The number of aromatic nitrogens is 2. The summed E-state index contributed by atoms with van der Waals surface area (Å²) in [6, 6.07) is 20.0. The molecular weight excluding hydrogens is 1770 g/mol. The molecule has 2 aliphatic heterocycles. The molecule has 2 aromatic carbocycles. The Morgan fingerprint density at radius 1 is 0.566 bits per heavy atom. The SMILES string of the molecule is C=CC1C[C@]1(NC[C@@H]1C[C@@H](Oc2nc(-c3ccco3)c(OC)c3ccccc23)CN1C(=O)[C@@H](NC(=O)OC(C)(C)C)C(C)(C)C)C(=O)NS(=O)(=O)C1CC1.C=CC1C[C@]1(NC[C@@H]1C[C@@H](Oc2nc(Br)c(OC)c3ccccc23)CN1C(=O)[C@@H](NC(=O)OC(C)(C)C)C(C)(C)C)C(=O)NS(=O)(=O)C1CC1.CCC[CH2][Sn]([CH2]CCC)([CH2]CCC)[c]1ccco1. The molecule has 6 amide bonds. The Morgan fingerprint density at radius 3 is 1.30 bits per heavy atom. The molecule has 670 valence electrons. The molecule has 122 heavy (non-hydrogen) atoms. The van der Waals surface area contributed by atoms with E-state index >= 15 is 0 Å². The van der Waals surface area contributed by atoms with Gasteiger partial charge >= 0.3 is 130 Å². The van der Waals surface area contributed by atoms with Gasteiger partial charge in [0.25, 0.3) is 11.8 Å². The van der Waals surface area contributed by atoms with Crippen LogP contribution >= 0.6 is 15.9 Å². The van der Waals surface area contributed by atoms with Crippen molar-refractivity contribution in [3.05, 3.63) is 115 Å². The number of unbranched alkanes of at least 4 members (excludes halogenated alkanes) is 3. The van der Waals surface area contributed by atoms with Crippen molar-refractivity contribution < 1.29 is 82.9 Å². The van der Waals surface area contributed by atoms with Crippen molar-refractivity contribution in [2.24, 2.45) is 22.7 Å². The van der Waals surface area contributed by atoms with Crippen molar-refractivity contribution in [3.8, 4) is 34.7 Å². The number of benzene rings is 2. The molecule has 12 rings (SSSR count). The van der Waals surface area contributed by atoms with Gasteiger partial charge in [0.2, 0.25) is 43.6 Å². The zero-order valence-corrected chi connectivity index (χ0v) is 80.2. The first kappa shape index (κ1) is 96.2. The number of nitrogens with one attached hydrogen (secondary N) is 6. The van der Waals surface area contributed by atoms with Crippen molar-refractivity contribution in [1.29, 1.82) is 0 Å². The number of hydrogen-bond donors (Lipinski definition) is 6. The number of pyridine rings is 2. The van der Waals surface area contributed by atoms with Gasteiger partial charge in [-0.1, -0.05) is 90.1 Å². The summed E-state index contributed by atoms with van der Waals surface area (Å²) in [5.41, 5.74) is -4.93. The number of methoxy groups -OCH3 is 2. The van der Waals surface area contributed by atoms with Gasteiger partial charge in [-0.3, -0.25) is 28.6 Å². The van der Waals surface area contributed by atoms with Crippen LogP contribution in [0.2, 0.25) is 13.3 Å². The zero-order valence-electron chi connectivity index (χ0n) is 74.1. The summed E-state index contributed by atoms with van der Waals surface area (Å²) in [7, 11) is -4.44. The molecule has 2 unspecified atom stereocenters. The number of sulfonamides is 2. The summed E-state index contributed by atoms with van der Waals surface area (Å²) in [6.07, 6.45) is 15.9. The third kappa shape index (κ3) is 23.8. The van der Waals surface area contributed by atoms with Crippen LogP contribution < -0.4 is 53.4 Å². The van der Waals surface area contributed by atoms with Crippen molar-refractivity contribution in [2.45, 2.75) is 276 Å². The number of nitrogens with zero attached hydrogens (tertiary/aromatic N) is 4. The first-order valence-electron chi connectivity index (χ1n) is 42.9. The normalized spacial score (nSPS) is 22.1. The predicted molar refractivity (Wildman–Crippen MR) is 478 cm³/mol. The second-order valence-electron chi connectivity index (χ2n) is 37.5. The first-order valence-corrected chi connectivity index (χ1v) is 54.3. The number of fused-ring (bicyclic) bond motifs is 2. The number of furan rings is 2. The fourth-order valence-electron chi connectivity index (χ4n) is 16.3. The van der Waals surface area contributed by atoms with Crippen molar-refractivity contribution in [1.82, 2.24) is 50.5 Å². The quantitative estimate of drug-likeness (QED) is 0.0122. The van der Waals surface area contributed by atoms with E-state index in [1.165, 1.54) is 55.6 Å². The van der Waals surface area contributed by atoms with Gasteiger partial charge in [-0.2, -0.15) is 0 Å². The molecule has 4 saturated carbocycles. The van der Waals surface area contributed by atoms with E-state index in [0.717, 1.165) is 16.2 Å². The van der Waals surface area contributed by atoms with Gasteiger partial charge in [0.15, 0.2) is 27.6 Å². The molecule has 10 atom stereocenters. The van der Waals surface area contributed by atoms with Crippen LogP contribution in [0.1, 0.15) is 194 Å². The van der Waals surface area contributed by atoms with E-state index in [0.29, 0.717) is 96.1 Å². The minimum atomic E-state index is -3.79. The van der Waals surface area contributed by atoms with Crippen LogP contribution in [0.3, 0.4) is 0 Å². The number of alkyl carbamates (subject to hydrolysis) is 2. The van der Waals surface area contributed by atoms with Crippen LogP contribution in [0.25, 0.3) is 33.0 Å². The van der Waals surface area contributed by atoms with Crippen LogP contribution in [0.4, 0.5) is 9.59 Å². The van der Waals surface area contributed by atoms with Crippen molar-refractivity contribution in [2.75, 3.05) is 40.4 Å². The Balaban J connectivity index is 0.000000213. The average molecular weight is 1900 g/mol. The molecule has 4 aromatic heterocycles. The van der Waals surface area contributed by atoms with E-state index < -0.39 is 142 Å². The molecule has 6 aliphatic rings. The second-order valence-corrected chi connectivity index (χ2v) is 55.1. The van der Waals surface area contributed by atoms with Crippen molar-refractivity contribution >= 4 is 115 Å². The number of carbonyl (C=O) groups is 6. The number of amides is 6. The Morgan fingerprint density at radius 2 is 0.959 bits per heavy atom. The number of likely N-dealkylation sites (tertiary alicyclic amines) is 2. The maximum atomic E-state index is 14.6. The molecule has 0 bridgehead atoms. The third-order valence-corrected chi connectivity index (χ3v) is 42.6. The summed E-state index contributed by atoms with van der Waals surface area (Å²) in [5.74, 6) is -0.331. The number of halogens is 1. The van der Waals surface area contributed by atoms with E-state index in [4.69, 9.17) is 42.2 Å². The molecule has 0 radical (unpaired) electrons. The van der Waals surface area contributed by atoms with E-state index in [9.17, 15) is 45.6 Å². The van der Waals surface area contributed by atoms with Gasteiger partial charge in [0.05, 0.1) is 44.1 Å². The number of ether oxygens (including phenoxy) is 6. The van der Waals surface area contributed by atoms with Gasteiger partial charge in [-0.05, 0) is 131 Å². The molecule has 6 heterocycles. The van der Waals surface area contributed by atoms with E-state index in [1.807, 2.05) is 96.3 Å². The zero-order chi connectivity index (χ0) is 89.3. The van der Waals surface area contributed by atoms with Crippen LogP contribution in [0.15, 0.2) is 124 Å². The van der Waals surface area contributed by atoms with Crippen molar-refractivity contribution in [3.63, 3.8) is 0 Å². The molecule has 6 aromatic rings. The fraction of sp³-hybridized carbons (Fsp3) is 0.600. The number of rotatable bonds is 35. The Labute approximate surface area is 732 Å². The third-order valence-electron chi connectivity index (χ3n) is 23.4. The summed E-state index contributed by atoms with van der Waals surface area (Å²) < 4.78 is 109. The van der Waals surface area contributed by atoms with Crippen LogP contribution in [0, 0.1) is 22.7 Å². The first-order chi connectivity index (χ1) is 57.4. The van der Waals surface area contributed by atoms with E-state index in [-0.39, 0.29) is 49.8 Å². The summed E-state index contributed by atoms with van der Waals surface area (Å²) in [4.78, 5) is 94.9. The van der Waals surface area contributed by atoms with Gasteiger partial charge in [-0.25, -0.2) is 36.4 Å². The van der Waals surface area contributed by atoms with Crippen LogP contribution in [-0.2, 0) is 48.7 Å². The van der Waals surface area contributed by atoms with Gasteiger partial charge in [0, 0.05) is 71.4 Å². The second kappa shape index (κ2) is 39.7. The molecular formula is C90H129BrN10O18S2Sn. The Hall–Kier alpha value is -7.98. The van der Waals surface area contributed by atoms with Gasteiger partial charge in [0.1, 0.15) is 46.6 Å². The molecule has 32 heteroatoms. The summed E-state index contributed by atoms with van der Waals surface area (Å²) >= 11 is 1.29. The predicted octanol–water partition coefficient (Wildman–Crippen LogP) is 14.7. The monoisotopic (exact) mass is 1900 g/mol. The van der Waals surface area contributed by atoms with E-state index in [2.05, 4.69) is 97.7 Å². The minimum absolute atomic E-state index is 0.130. The standard InChI is InChI=1S/C39H51N5O9S.C35H48BrN5O8S.C4H3O.3C4H9.Sn/c1-9-23-20-39(23,35(46)43-54(48,49)26-16-17-26)40-21-24-19-25(22-44(24)34(45)32(37(2,3)4)42-36(47)53-38(5,6)7)52-33-28-14-11-10-13-27(28)31(50-8)30(41-33)29-15-12-18-51-29;1-9-20-17-35(20,31(43)40-50(45,46)23-14-15-23)37-18-21-16-22(48-29-25-13-11-10-12-24(25)26(47-8)28(36)39-29)19-41(21)30(42)27(33(2,3)4)38-32(44)49-34(5,6)7;1-2-4-5-3-1;3*1-3-4-2;/h9-15,18,23-26,32,40H,1,16-17,19-22H2,2-8H3,(H,42,47)(H,43,46);9-13,20-23,27,37H,1,14-19H2,2-8H3,(H,38,44)(H,40,43);1-3H;3*1,3-4H2,2H3;/t23?,24-,25+,32+,39+;20?,21-,22+,27+,35+;;;;;/m00...../s1. The summed E-state index contributed by atoms with van der Waals surface area (Å²) in [6.45, 7) is 36.8. The molecule has 4 aliphatic carbocycles. The van der Waals surface area contributed by atoms with Crippen LogP contribution in [-0.4, -0.2) is 200 Å². The molecule has 28 nitrogen and oxygen atoms in total. The van der Waals surface area contributed by atoms with Crippen LogP contribution in [0.5, 0.6) is 23.3 Å². The topological polar surface area (TPSA) is 357 Å². The maximum absolute atomic E-state index is 14.6. The molecule has 6 fully saturated rings. The molecule has 0 spiro atoms. The Bertz CT molecular complexity index is 4900. The average Bonchev–Trinajstić information content (AvgIpc) is 1.56. The molecule has 6 N–H and O–H groups in total. The molecule has 2 saturated heterocycles. The summed E-state index contributed by atoms with van der Waals surface area (Å²) in [5, 5.41) is 14.1. The number of hydrogen-bond acceptors (Lipinski definition) is 22. The van der Waals surface area contributed by atoms with Gasteiger partial charge < -0.3 is 63.9 Å². The Kier molecular flexibility index (Phi) is 31.3.